The van der Waals surface area contributed by atoms with Crippen LogP contribution in [0.15, 0.2) is 42.7 Å². The Bertz CT molecular complexity index is 695. The van der Waals surface area contributed by atoms with Crippen molar-refractivity contribution in [2.45, 2.75) is 39.3 Å². The Morgan fingerprint density at radius 1 is 1.35 bits per heavy atom. The third kappa shape index (κ3) is 3.70. The number of benzene rings is 1. The van der Waals surface area contributed by atoms with Gasteiger partial charge in [0.05, 0.1) is 12.2 Å². The maximum Gasteiger partial charge on any atom is 0.256 e. The van der Waals surface area contributed by atoms with Crippen LogP contribution in [0.25, 0.3) is 0 Å². The van der Waals surface area contributed by atoms with Gasteiger partial charge >= 0.3 is 0 Å². The van der Waals surface area contributed by atoms with Gasteiger partial charge in [0.2, 0.25) is 0 Å². The normalized spacial score (nSPS) is 13.7. The van der Waals surface area contributed by atoms with Crippen LogP contribution in [0.5, 0.6) is 5.75 Å². The van der Waals surface area contributed by atoms with Crippen molar-refractivity contribution in [1.82, 2.24) is 9.88 Å². The molecule has 0 spiro atoms. The van der Waals surface area contributed by atoms with Crippen LogP contribution in [0.4, 0.5) is 0 Å². The molecule has 1 fully saturated rings. The van der Waals surface area contributed by atoms with E-state index in [1.165, 1.54) is 0 Å². The van der Waals surface area contributed by atoms with Crippen LogP contribution in [0.2, 0.25) is 0 Å². The SMILES string of the molecule is CCOc1cccc(CN(C(=O)c2cnccc2C)C2CC2)c1. The smallest absolute Gasteiger partial charge is 0.256 e. The van der Waals surface area contributed by atoms with Gasteiger partial charge in [-0.25, -0.2) is 0 Å². The molecule has 1 heterocycles. The number of nitrogens with zero attached hydrogens (tertiary/aromatic N) is 2. The van der Waals surface area contributed by atoms with Crippen molar-refractivity contribution < 1.29 is 9.53 Å². The van der Waals surface area contributed by atoms with Crippen molar-refractivity contribution in [3.05, 3.63) is 59.4 Å². The van der Waals surface area contributed by atoms with Gasteiger partial charge in [-0.3, -0.25) is 9.78 Å². The molecule has 0 unspecified atom stereocenters. The minimum atomic E-state index is 0.0694. The van der Waals surface area contributed by atoms with Crippen LogP contribution < -0.4 is 4.74 Å². The van der Waals surface area contributed by atoms with Crippen LogP contribution >= 0.6 is 0 Å². The van der Waals surface area contributed by atoms with Gasteiger partial charge in [-0.2, -0.15) is 0 Å². The van der Waals surface area contributed by atoms with E-state index in [9.17, 15) is 4.79 Å². The predicted octanol–water partition coefficient (Wildman–Crippen LogP) is 3.59. The summed E-state index contributed by atoms with van der Waals surface area (Å²) in [6, 6.07) is 10.2. The van der Waals surface area contributed by atoms with Gasteiger partial charge in [0.15, 0.2) is 0 Å². The van der Waals surface area contributed by atoms with Gasteiger partial charge < -0.3 is 9.64 Å². The summed E-state index contributed by atoms with van der Waals surface area (Å²) in [6.07, 6.45) is 5.55. The number of pyridine rings is 1. The molecule has 4 heteroatoms. The van der Waals surface area contributed by atoms with E-state index in [1.807, 2.05) is 49.1 Å². The summed E-state index contributed by atoms with van der Waals surface area (Å²) in [5, 5.41) is 0. The Labute approximate surface area is 137 Å². The molecular formula is C19H22N2O2. The molecule has 3 rings (SSSR count). The third-order valence-electron chi connectivity index (χ3n) is 4.08. The highest BCUT2D eigenvalue weighted by Gasteiger charge is 2.33. The lowest BCUT2D eigenvalue weighted by Crippen LogP contribution is -2.33. The first-order valence-corrected chi connectivity index (χ1v) is 8.12. The topological polar surface area (TPSA) is 42.4 Å². The first-order chi connectivity index (χ1) is 11.2. The summed E-state index contributed by atoms with van der Waals surface area (Å²) in [6.45, 7) is 5.18. The lowest BCUT2D eigenvalue weighted by Gasteiger charge is -2.23. The fourth-order valence-corrected chi connectivity index (χ4v) is 2.69. The summed E-state index contributed by atoms with van der Waals surface area (Å²) in [7, 11) is 0. The number of carbonyl (C=O) groups excluding carboxylic acids is 1. The number of hydrogen-bond acceptors (Lipinski definition) is 3. The van der Waals surface area contributed by atoms with Crippen molar-refractivity contribution in [2.75, 3.05) is 6.61 Å². The number of carbonyl (C=O) groups is 1. The summed E-state index contributed by atoms with van der Waals surface area (Å²) in [5.74, 6) is 0.922. The highest BCUT2D eigenvalue weighted by Crippen LogP contribution is 2.30. The molecule has 0 N–H and O–H groups in total. The molecule has 1 amide bonds. The number of hydrogen-bond donors (Lipinski definition) is 0. The zero-order valence-electron chi connectivity index (χ0n) is 13.7. The second-order valence-electron chi connectivity index (χ2n) is 5.94. The first kappa shape index (κ1) is 15.5. The van der Waals surface area contributed by atoms with Crippen LogP contribution in [0, 0.1) is 6.92 Å². The van der Waals surface area contributed by atoms with Crippen LogP contribution in [0.1, 0.15) is 41.3 Å². The Morgan fingerprint density at radius 2 is 2.17 bits per heavy atom. The molecule has 1 saturated carbocycles. The maximum atomic E-state index is 12.9. The fraction of sp³-hybridized carbons (Fsp3) is 0.368. The van der Waals surface area contributed by atoms with E-state index in [0.29, 0.717) is 24.8 Å². The Balaban J connectivity index is 1.81. The monoisotopic (exact) mass is 310 g/mol. The lowest BCUT2D eigenvalue weighted by atomic mass is 10.1. The van der Waals surface area contributed by atoms with Crippen molar-refractivity contribution in [3.8, 4) is 5.75 Å². The van der Waals surface area contributed by atoms with Crippen LogP contribution in [-0.4, -0.2) is 28.4 Å². The van der Waals surface area contributed by atoms with Crippen molar-refractivity contribution in [3.63, 3.8) is 0 Å². The summed E-state index contributed by atoms with van der Waals surface area (Å²) < 4.78 is 5.55. The van der Waals surface area contributed by atoms with E-state index >= 15 is 0 Å². The molecular weight excluding hydrogens is 288 g/mol. The molecule has 0 radical (unpaired) electrons. The second kappa shape index (κ2) is 6.82. The summed E-state index contributed by atoms with van der Waals surface area (Å²) in [5.41, 5.74) is 2.76. The van der Waals surface area contributed by atoms with Crippen molar-refractivity contribution in [1.29, 1.82) is 0 Å². The average molecular weight is 310 g/mol. The molecule has 0 atom stereocenters. The third-order valence-corrected chi connectivity index (χ3v) is 4.08. The second-order valence-corrected chi connectivity index (χ2v) is 5.94. The van der Waals surface area contributed by atoms with Gasteiger partial charge in [-0.15, -0.1) is 0 Å². The fourth-order valence-electron chi connectivity index (χ4n) is 2.69. The van der Waals surface area contributed by atoms with E-state index in [0.717, 1.165) is 29.7 Å². The van der Waals surface area contributed by atoms with Crippen LogP contribution in [0.3, 0.4) is 0 Å². The molecule has 1 aliphatic carbocycles. The predicted molar refractivity (Wildman–Crippen MR) is 89.5 cm³/mol. The number of amides is 1. The minimum absolute atomic E-state index is 0.0694. The van der Waals surface area contributed by atoms with Gasteiger partial charge in [-0.05, 0) is 56.0 Å². The lowest BCUT2D eigenvalue weighted by molar-refractivity contribution is 0.0728. The molecule has 0 saturated heterocycles. The zero-order valence-corrected chi connectivity index (χ0v) is 13.7. The molecule has 1 aromatic heterocycles. The number of aryl methyl sites for hydroxylation is 1. The molecule has 1 aliphatic rings. The molecule has 120 valence electrons. The van der Waals surface area contributed by atoms with E-state index in [-0.39, 0.29) is 5.91 Å². The highest BCUT2D eigenvalue weighted by atomic mass is 16.5. The van der Waals surface area contributed by atoms with Crippen molar-refractivity contribution >= 4 is 5.91 Å². The average Bonchev–Trinajstić information content (AvgIpc) is 3.38. The van der Waals surface area contributed by atoms with E-state index in [2.05, 4.69) is 4.98 Å². The maximum absolute atomic E-state index is 12.9. The molecule has 1 aromatic carbocycles. The summed E-state index contributed by atoms with van der Waals surface area (Å²) >= 11 is 0. The zero-order chi connectivity index (χ0) is 16.2. The van der Waals surface area contributed by atoms with E-state index in [1.54, 1.807) is 12.4 Å². The largest absolute Gasteiger partial charge is 0.494 e. The van der Waals surface area contributed by atoms with Gasteiger partial charge in [-0.1, -0.05) is 12.1 Å². The quantitative estimate of drug-likeness (QED) is 0.819. The Kier molecular flexibility index (Phi) is 4.60. The van der Waals surface area contributed by atoms with Crippen LogP contribution in [-0.2, 0) is 6.54 Å². The standard InChI is InChI=1S/C19H22N2O2/c1-3-23-17-6-4-5-15(11-17)13-21(16-7-8-16)19(22)18-12-20-10-9-14(18)2/h4-6,9-12,16H,3,7-8,13H2,1-2H3. The molecule has 0 aliphatic heterocycles. The molecule has 0 bridgehead atoms. The Hall–Kier alpha value is -2.36. The number of rotatable bonds is 6. The van der Waals surface area contributed by atoms with Gasteiger partial charge in [0.25, 0.3) is 5.91 Å². The molecule has 2 aromatic rings. The number of aromatic nitrogens is 1. The van der Waals surface area contributed by atoms with E-state index < -0.39 is 0 Å². The minimum Gasteiger partial charge on any atom is -0.494 e. The molecule has 23 heavy (non-hydrogen) atoms. The summed E-state index contributed by atoms with van der Waals surface area (Å²) in [4.78, 5) is 19.0. The number of ether oxygens (including phenoxy) is 1. The van der Waals surface area contributed by atoms with Crippen molar-refractivity contribution in [2.24, 2.45) is 0 Å². The Morgan fingerprint density at radius 3 is 2.87 bits per heavy atom. The molecule has 4 nitrogen and oxygen atoms in total. The van der Waals surface area contributed by atoms with Gasteiger partial charge in [0, 0.05) is 25.0 Å². The highest BCUT2D eigenvalue weighted by molar-refractivity contribution is 5.95. The van der Waals surface area contributed by atoms with Gasteiger partial charge in [0.1, 0.15) is 5.75 Å². The first-order valence-electron chi connectivity index (χ1n) is 8.12. The van der Waals surface area contributed by atoms with E-state index in [4.69, 9.17) is 4.74 Å².